The molecule has 0 radical (unpaired) electrons. The molecular formula is C14H17NS. The molecule has 0 fully saturated rings. The lowest BCUT2D eigenvalue weighted by atomic mass is 10.2. The van der Waals surface area contributed by atoms with Gasteiger partial charge in [-0.05, 0) is 35.4 Å². The van der Waals surface area contributed by atoms with E-state index in [1.54, 1.807) is 0 Å². The van der Waals surface area contributed by atoms with Crippen LogP contribution in [-0.4, -0.2) is 13.1 Å². The molecule has 1 aromatic carbocycles. The van der Waals surface area contributed by atoms with Crippen molar-refractivity contribution in [2.24, 2.45) is 0 Å². The summed E-state index contributed by atoms with van der Waals surface area (Å²) in [6.07, 6.45) is 5.60. The van der Waals surface area contributed by atoms with Gasteiger partial charge in [-0.1, -0.05) is 37.3 Å². The Morgan fingerprint density at radius 2 is 2.19 bits per heavy atom. The second kappa shape index (κ2) is 5.83. The molecule has 2 rings (SSSR count). The first-order valence-corrected chi connectivity index (χ1v) is 6.63. The molecule has 0 aliphatic rings. The first-order chi connectivity index (χ1) is 7.92. The topological polar surface area (TPSA) is 12.0 Å². The Bertz CT molecular complexity index is 470. The molecule has 0 amide bonds. The molecule has 84 valence electrons. The molecule has 0 bridgehead atoms. The number of hydrogen-bond donors (Lipinski definition) is 1. The number of nitrogens with one attached hydrogen (secondary N) is 1. The van der Waals surface area contributed by atoms with Crippen LogP contribution in [0.5, 0.6) is 0 Å². The summed E-state index contributed by atoms with van der Waals surface area (Å²) in [5.41, 5.74) is 1.33. The van der Waals surface area contributed by atoms with Crippen LogP contribution in [0.1, 0.15) is 18.9 Å². The van der Waals surface area contributed by atoms with Crippen LogP contribution in [0.15, 0.2) is 35.7 Å². The van der Waals surface area contributed by atoms with Crippen LogP contribution in [0.25, 0.3) is 16.2 Å². The maximum Gasteiger partial charge on any atom is 0.0348 e. The number of benzene rings is 1. The second-order valence-corrected chi connectivity index (χ2v) is 4.70. The van der Waals surface area contributed by atoms with Gasteiger partial charge < -0.3 is 5.32 Å². The Balaban J connectivity index is 2.04. The van der Waals surface area contributed by atoms with Crippen LogP contribution in [0.2, 0.25) is 0 Å². The van der Waals surface area contributed by atoms with Gasteiger partial charge >= 0.3 is 0 Å². The highest BCUT2D eigenvalue weighted by Crippen LogP contribution is 2.26. The minimum Gasteiger partial charge on any atom is -0.313 e. The molecule has 2 aromatic rings. The SMILES string of the molecule is CCCNCC=Cc1csc2ccccc12. The van der Waals surface area contributed by atoms with E-state index in [9.17, 15) is 0 Å². The van der Waals surface area contributed by atoms with E-state index < -0.39 is 0 Å². The molecular weight excluding hydrogens is 214 g/mol. The number of fused-ring (bicyclic) bond motifs is 1. The minimum atomic E-state index is 0.956. The van der Waals surface area contributed by atoms with Gasteiger partial charge in [0.15, 0.2) is 0 Å². The van der Waals surface area contributed by atoms with E-state index in [0.29, 0.717) is 0 Å². The molecule has 1 heterocycles. The highest BCUT2D eigenvalue weighted by molar-refractivity contribution is 7.17. The minimum absolute atomic E-state index is 0.956. The highest BCUT2D eigenvalue weighted by atomic mass is 32.1. The van der Waals surface area contributed by atoms with Crippen molar-refractivity contribution >= 4 is 27.5 Å². The van der Waals surface area contributed by atoms with Crippen molar-refractivity contribution in [3.63, 3.8) is 0 Å². The molecule has 0 saturated carbocycles. The number of thiophene rings is 1. The van der Waals surface area contributed by atoms with Crippen LogP contribution >= 0.6 is 11.3 Å². The quantitative estimate of drug-likeness (QED) is 0.769. The fourth-order valence-corrected chi connectivity index (χ4v) is 2.60. The molecule has 1 nitrogen and oxygen atoms in total. The lowest BCUT2D eigenvalue weighted by Crippen LogP contribution is -2.13. The molecule has 16 heavy (non-hydrogen) atoms. The lowest BCUT2D eigenvalue weighted by molar-refractivity contribution is 0.730. The predicted octanol–water partition coefficient (Wildman–Crippen LogP) is 3.91. The Hall–Kier alpha value is -1.12. The summed E-state index contributed by atoms with van der Waals surface area (Å²) in [4.78, 5) is 0. The van der Waals surface area contributed by atoms with E-state index in [2.05, 4.69) is 54.0 Å². The zero-order valence-corrected chi connectivity index (χ0v) is 10.4. The fraction of sp³-hybridized carbons (Fsp3) is 0.286. The zero-order chi connectivity index (χ0) is 11.2. The van der Waals surface area contributed by atoms with E-state index in [-0.39, 0.29) is 0 Å². The van der Waals surface area contributed by atoms with Gasteiger partial charge in [-0.3, -0.25) is 0 Å². The van der Waals surface area contributed by atoms with Gasteiger partial charge in [0.25, 0.3) is 0 Å². The van der Waals surface area contributed by atoms with Gasteiger partial charge in [0, 0.05) is 11.2 Å². The van der Waals surface area contributed by atoms with Crippen LogP contribution in [0, 0.1) is 0 Å². The molecule has 0 spiro atoms. The van der Waals surface area contributed by atoms with Crippen LogP contribution in [0.3, 0.4) is 0 Å². The highest BCUT2D eigenvalue weighted by Gasteiger charge is 1.98. The number of rotatable bonds is 5. The van der Waals surface area contributed by atoms with Crippen molar-refractivity contribution in [2.75, 3.05) is 13.1 Å². The third kappa shape index (κ3) is 2.71. The van der Waals surface area contributed by atoms with Crippen LogP contribution < -0.4 is 5.32 Å². The van der Waals surface area contributed by atoms with Crippen molar-refractivity contribution in [3.05, 3.63) is 41.3 Å². The third-order valence-corrected chi connectivity index (χ3v) is 3.48. The average molecular weight is 231 g/mol. The summed E-state index contributed by atoms with van der Waals surface area (Å²) >= 11 is 1.81. The van der Waals surface area contributed by atoms with Crippen molar-refractivity contribution in [2.45, 2.75) is 13.3 Å². The van der Waals surface area contributed by atoms with Crippen molar-refractivity contribution < 1.29 is 0 Å². The Morgan fingerprint density at radius 1 is 1.31 bits per heavy atom. The number of hydrogen-bond acceptors (Lipinski definition) is 2. The van der Waals surface area contributed by atoms with Gasteiger partial charge in [0.2, 0.25) is 0 Å². The van der Waals surface area contributed by atoms with E-state index in [4.69, 9.17) is 0 Å². The summed E-state index contributed by atoms with van der Waals surface area (Å²) in [6, 6.07) is 8.55. The molecule has 0 atom stereocenters. The van der Waals surface area contributed by atoms with E-state index in [1.807, 2.05) is 11.3 Å². The van der Waals surface area contributed by atoms with E-state index in [0.717, 1.165) is 13.1 Å². The van der Waals surface area contributed by atoms with Crippen LogP contribution in [-0.2, 0) is 0 Å². The molecule has 0 aliphatic carbocycles. The second-order valence-electron chi connectivity index (χ2n) is 3.79. The van der Waals surface area contributed by atoms with Gasteiger partial charge in [0.05, 0.1) is 0 Å². The summed E-state index contributed by atoms with van der Waals surface area (Å²) in [7, 11) is 0. The van der Waals surface area contributed by atoms with E-state index in [1.165, 1.54) is 22.1 Å². The predicted molar refractivity (Wildman–Crippen MR) is 74.0 cm³/mol. The lowest BCUT2D eigenvalue weighted by Gasteiger charge is -1.96. The Kier molecular flexibility index (Phi) is 4.14. The van der Waals surface area contributed by atoms with Crippen LogP contribution in [0.4, 0.5) is 0 Å². The van der Waals surface area contributed by atoms with Gasteiger partial charge in [-0.25, -0.2) is 0 Å². The first-order valence-electron chi connectivity index (χ1n) is 5.75. The average Bonchev–Trinajstić information content (AvgIpc) is 2.73. The van der Waals surface area contributed by atoms with Crippen molar-refractivity contribution in [3.8, 4) is 0 Å². The zero-order valence-electron chi connectivity index (χ0n) is 9.57. The first kappa shape index (κ1) is 11.4. The summed E-state index contributed by atoms with van der Waals surface area (Å²) in [6.45, 7) is 4.23. The summed E-state index contributed by atoms with van der Waals surface area (Å²) < 4.78 is 1.36. The standard InChI is InChI=1S/C14H17NS/c1-2-9-15-10-5-6-12-11-16-14-8-4-3-7-13(12)14/h3-8,11,15H,2,9-10H2,1H3. The molecule has 0 aliphatic heterocycles. The molecule has 2 heteroatoms. The monoisotopic (exact) mass is 231 g/mol. The molecule has 1 aromatic heterocycles. The van der Waals surface area contributed by atoms with Crippen molar-refractivity contribution in [1.29, 1.82) is 0 Å². The van der Waals surface area contributed by atoms with Gasteiger partial charge in [-0.2, -0.15) is 0 Å². The van der Waals surface area contributed by atoms with Crippen molar-refractivity contribution in [1.82, 2.24) is 5.32 Å². The maximum absolute atomic E-state index is 3.36. The summed E-state index contributed by atoms with van der Waals surface area (Å²) in [5.74, 6) is 0. The third-order valence-electron chi connectivity index (χ3n) is 2.50. The molecule has 1 N–H and O–H groups in total. The maximum atomic E-state index is 3.36. The fourth-order valence-electron chi connectivity index (χ4n) is 1.68. The van der Waals surface area contributed by atoms with Gasteiger partial charge in [0.1, 0.15) is 0 Å². The largest absolute Gasteiger partial charge is 0.313 e. The Labute approximate surface area is 101 Å². The normalized spacial score (nSPS) is 11.6. The molecule has 0 saturated heterocycles. The Morgan fingerprint density at radius 3 is 3.06 bits per heavy atom. The van der Waals surface area contributed by atoms with Gasteiger partial charge in [-0.15, -0.1) is 11.3 Å². The van der Waals surface area contributed by atoms with E-state index >= 15 is 0 Å². The molecule has 0 unspecified atom stereocenters. The summed E-state index contributed by atoms with van der Waals surface area (Å²) in [5, 5.41) is 6.95. The smallest absolute Gasteiger partial charge is 0.0348 e.